The van der Waals surface area contributed by atoms with Gasteiger partial charge in [-0.15, -0.1) is 10.2 Å². The summed E-state index contributed by atoms with van der Waals surface area (Å²) in [4.78, 5) is 14.8. The molecule has 0 bridgehead atoms. The number of rotatable bonds is 2. The van der Waals surface area contributed by atoms with E-state index in [9.17, 15) is 4.79 Å². The first kappa shape index (κ1) is 10.3. The van der Waals surface area contributed by atoms with Gasteiger partial charge in [0, 0.05) is 18.0 Å². The van der Waals surface area contributed by atoms with Gasteiger partial charge in [0.25, 0.3) is 0 Å². The first-order chi connectivity index (χ1) is 8.75. The zero-order chi connectivity index (χ0) is 12.5. The lowest BCUT2D eigenvalue weighted by atomic mass is 10.2. The summed E-state index contributed by atoms with van der Waals surface area (Å²) in [6.07, 6.45) is 3.24. The monoisotopic (exact) mass is 241 g/mol. The number of fused-ring (bicyclic) bond motifs is 1. The van der Waals surface area contributed by atoms with Crippen LogP contribution >= 0.6 is 0 Å². The van der Waals surface area contributed by atoms with Gasteiger partial charge >= 0.3 is 5.97 Å². The van der Waals surface area contributed by atoms with Crippen LogP contribution in [-0.4, -0.2) is 35.9 Å². The molecule has 0 atom stereocenters. The summed E-state index contributed by atoms with van der Waals surface area (Å²) in [7, 11) is 0. The fourth-order valence-corrected chi connectivity index (χ4v) is 1.58. The third kappa shape index (κ3) is 1.58. The van der Waals surface area contributed by atoms with Gasteiger partial charge in [0.05, 0.1) is 0 Å². The lowest BCUT2D eigenvalue weighted by Crippen LogP contribution is -2.05. The molecule has 3 aromatic heterocycles. The minimum atomic E-state index is -1.09. The molecule has 0 aromatic carbocycles. The fourth-order valence-electron chi connectivity index (χ4n) is 1.58. The van der Waals surface area contributed by atoms with E-state index in [1.165, 1.54) is 10.6 Å². The Morgan fingerprint density at radius 3 is 2.61 bits per heavy atom. The van der Waals surface area contributed by atoms with E-state index in [1.807, 2.05) is 0 Å². The van der Waals surface area contributed by atoms with Crippen molar-refractivity contribution >= 4 is 11.6 Å². The minimum Gasteiger partial charge on any atom is -0.476 e. The maximum Gasteiger partial charge on any atom is 0.356 e. The molecule has 3 heterocycles. The largest absolute Gasteiger partial charge is 0.476 e. The van der Waals surface area contributed by atoms with Gasteiger partial charge in [-0.1, -0.05) is 0 Å². The molecule has 0 saturated carbocycles. The molecule has 0 amide bonds. The van der Waals surface area contributed by atoms with Gasteiger partial charge in [-0.2, -0.15) is 9.61 Å². The highest BCUT2D eigenvalue weighted by Crippen LogP contribution is 2.16. The Morgan fingerprint density at radius 1 is 1.11 bits per heavy atom. The SMILES string of the molecule is O=C(O)c1ccc2nnc(-c3ccncc3)n2n1. The number of nitrogens with zero attached hydrogens (tertiary/aromatic N) is 5. The van der Waals surface area contributed by atoms with Crippen LogP contribution in [0.1, 0.15) is 10.5 Å². The molecule has 0 unspecified atom stereocenters. The number of hydrogen-bond donors (Lipinski definition) is 1. The summed E-state index contributed by atoms with van der Waals surface area (Å²) in [5, 5.41) is 20.8. The molecule has 0 fully saturated rings. The van der Waals surface area contributed by atoms with Crippen molar-refractivity contribution in [3.8, 4) is 11.4 Å². The summed E-state index contributed by atoms with van der Waals surface area (Å²) in [6, 6.07) is 6.47. The highest BCUT2D eigenvalue weighted by Gasteiger charge is 2.12. The van der Waals surface area contributed by atoms with Crippen LogP contribution in [0.25, 0.3) is 17.0 Å². The van der Waals surface area contributed by atoms with Crippen LogP contribution in [0.15, 0.2) is 36.7 Å². The summed E-state index contributed by atoms with van der Waals surface area (Å²) < 4.78 is 1.40. The molecule has 0 aliphatic heterocycles. The lowest BCUT2D eigenvalue weighted by molar-refractivity contribution is 0.0689. The highest BCUT2D eigenvalue weighted by atomic mass is 16.4. The molecule has 0 aliphatic rings. The quantitative estimate of drug-likeness (QED) is 0.716. The van der Waals surface area contributed by atoms with Crippen molar-refractivity contribution in [3.63, 3.8) is 0 Å². The Balaban J connectivity index is 2.24. The normalized spacial score (nSPS) is 10.7. The number of aromatic nitrogens is 5. The van der Waals surface area contributed by atoms with Crippen molar-refractivity contribution in [1.82, 2.24) is 24.8 Å². The summed E-state index contributed by atoms with van der Waals surface area (Å²) in [5.41, 5.74) is 1.21. The molecule has 7 nitrogen and oxygen atoms in total. The molecule has 18 heavy (non-hydrogen) atoms. The third-order valence-corrected chi connectivity index (χ3v) is 2.42. The van der Waals surface area contributed by atoms with Gasteiger partial charge in [0.2, 0.25) is 0 Å². The van der Waals surface area contributed by atoms with Crippen LogP contribution in [0.3, 0.4) is 0 Å². The van der Waals surface area contributed by atoms with Crippen LogP contribution in [-0.2, 0) is 0 Å². The average molecular weight is 241 g/mol. The average Bonchev–Trinajstić information content (AvgIpc) is 2.82. The number of hydrogen-bond acceptors (Lipinski definition) is 5. The second-order valence-electron chi connectivity index (χ2n) is 3.55. The maximum absolute atomic E-state index is 10.9. The van der Waals surface area contributed by atoms with E-state index in [2.05, 4.69) is 20.3 Å². The Labute approximate surface area is 101 Å². The first-order valence-electron chi connectivity index (χ1n) is 5.12. The van der Waals surface area contributed by atoms with Crippen LogP contribution in [0.5, 0.6) is 0 Å². The maximum atomic E-state index is 10.9. The zero-order valence-electron chi connectivity index (χ0n) is 9.06. The lowest BCUT2D eigenvalue weighted by Gasteiger charge is -1.99. The van der Waals surface area contributed by atoms with Crippen LogP contribution in [0, 0.1) is 0 Å². The number of aromatic carboxylic acids is 1. The number of carboxylic acids is 1. The van der Waals surface area contributed by atoms with Gasteiger partial charge in [-0.25, -0.2) is 4.79 Å². The number of carbonyl (C=O) groups is 1. The zero-order valence-corrected chi connectivity index (χ0v) is 9.06. The molecular weight excluding hydrogens is 234 g/mol. The molecule has 3 rings (SSSR count). The second-order valence-corrected chi connectivity index (χ2v) is 3.55. The second kappa shape index (κ2) is 3.88. The summed E-state index contributed by atoms with van der Waals surface area (Å²) in [5.74, 6) is -0.609. The Kier molecular flexibility index (Phi) is 2.23. The van der Waals surface area contributed by atoms with Gasteiger partial charge in [-0.05, 0) is 24.3 Å². The van der Waals surface area contributed by atoms with Gasteiger partial charge < -0.3 is 5.11 Å². The van der Waals surface area contributed by atoms with E-state index in [1.54, 1.807) is 30.6 Å². The standard InChI is InChI=1S/C11H7N5O2/c17-11(18)8-1-2-9-13-14-10(16(9)15-8)7-3-5-12-6-4-7/h1-6H,(H,17,18). The van der Waals surface area contributed by atoms with E-state index in [4.69, 9.17) is 5.11 Å². The van der Waals surface area contributed by atoms with Crippen molar-refractivity contribution in [3.05, 3.63) is 42.4 Å². The Hall–Kier alpha value is -2.83. The van der Waals surface area contributed by atoms with Gasteiger partial charge in [0.15, 0.2) is 17.2 Å². The van der Waals surface area contributed by atoms with Crippen molar-refractivity contribution in [2.75, 3.05) is 0 Å². The number of pyridine rings is 1. The van der Waals surface area contributed by atoms with Crippen LogP contribution in [0.4, 0.5) is 0 Å². The van der Waals surface area contributed by atoms with Crippen molar-refractivity contribution in [2.45, 2.75) is 0 Å². The topological polar surface area (TPSA) is 93.3 Å². The summed E-state index contributed by atoms with van der Waals surface area (Å²) >= 11 is 0. The van der Waals surface area contributed by atoms with Gasteiger partial charge in [0.1, 0.15) is 0 Å². The molecule has 0 aliphatic carbocycles. The predicted octanol–water partition coefficient (Wildman–Crippen LogP) is 0.884. The predicted molar refractivity (Wildman–Crippen MR) is 61.0 cm³/mol. The molecular formula is C11H7N5O2. The molecule has 0 radical (unpaired) electrons. The van der Waals surface area contributed by atoms with E-state index >= 15 is 0 Å². The first-order valence-corrected chi connectivity index (χ1v) is 5.12. The fraction of sp³-hybridized carbons (Fsp3) is 0. The van der Waals surface area contributed by atoms with Gasteiger partial charge in [-0.3, -0.25) is 4.98 Å². The van der Waals surface area contributed by atoms with Crippen molar-refractivity contribution < 1.29 is 9.90 Å². The van der Waals surface area contributed by atoms with Crippen molar-refractivity contribution in [2.24, 2.45) is 0 Å². The third-order valence-electron chi connectivity index (χ3n) is 2.42. The van der Waals surface area contributed by atoms with Crippen molar-refractivity contribution in [1.29, 1.82) is 0 Å². The van der Waals surface area contributed by atoms with E-state index < -0.39 is 5.97 Å². The molecule has 0 spiro atoms. The molecule has 88 valence electrons. The Morgan fingerprint density at radius 2 is 1.89 bits per heavy atom. The van der Waals surface area contributed by atoms with E-state index in [-0.39, 0.29) is 5.69 Å². The highest BCUT2D eigenvalue weighted by molar-refractivity contribution is 5.85. The van der Waals surface area contributed by atoms with E-state index in [0.29, 0.717) is 11.5 Å². The smallest absolute Gasteiger partial charge is 0.356 e. The van der Waals surface area contributed by atoms with Crippen LogP contribution < -0.4 is 0 Å². The molecule has 1 N–H and O–H groups in total. The molecule has 0 saturated heterocycles. The molecule has 7 heteroatoms. The Bertz CT molecular complexity index is 723. The summed E-state index contributed by atoms with van der Waals surface area (Å²) in [6.45, 7) is 0. The van der Waals surface area contributed by atoms with E-state index in [0.717, 1.165) is 5.56 Å². The number of carboxylic acid groups (broad SMARTS) is 1. The minimum absolute atomic E-state index is 0.0578. The molecule has 3 aromatic rings. The van der Waals surface area contributed by atoms with Crippen LogP contribution in [0.2, 0.25) is 0 Å².